The summed E-state index contributed by atoms with van der Waals surface area (Å²) in [6.45, 7) is 5.51. The van der Waals surface area contributed by atoms with E-state index in [1.165, 1.54) is 19.3 Å². The molecule has 1 N–H and O–H groups in total. The topological polar surface area (TPSA) is 80.5 Å². The number of hydrogen-bond acceptors (Lipinski definition) is 5. The van der Waals surface area contributed by atoms with E-state index in [0.717, 1.165) is 19.4 Å². The van der Waals surface area contributed by atoms with Crippen LogP contribution in [0.1, 0.15) is 63.8 Å². The van der Waals surface area contributed by atoms with Crippen molar-refractivity contribution in [2.75, 3.05) is 13.2 Å². The van der Waals surface area contributed by atoms with Gasteiger partial charge < -0.3 is 19.5 Å². The minimum absolute atomic E-state index is 0.0146. The number of nitrogens with one attached hydrogen (secondary N) is 1. The third kappa shape index (κ3) is 3.65. The lowest BCUT2D eigenvalue weighted by molar-refractivity contribution is 0.0683. The fraction of sp³-hybridized carbons (Fsp3) is 0.812. The number of carbonyl (C=O) groups excluding carboxylic acids is 1. The highest BCUT2D eigenvalue weighted by atomic mass is 16.5. The number of nitrogens with zero attached hydrogens (tertiary/aromatic N) is 3. The minimum Gasteiger partial charge on any atom is -0.371 e. The summed E-state index contributed by atoms with van der Waals surface area (Å²) >= 11 is 0. The summed E-state index contributed by atoms with van der Waals surface area (Å²) in [7, 11) is 0. The number of fused-ring (bicyclic) bond motifs is 1. The maximum Gasteiger partial charge on any atom is 0.318 e. The lowest BCUT2D eigenvalue weighted by atomic mass is 9.92. The molecule has 2 heterocycles. The lowest BCUT2D eigenvalue weighted by Crippen LogP contribution is -2.50. The number of ether oxygens (including phenoxy) is 1. The van der Waals surface area contributed by atoms with Crippen molar-refractivity contribution in [3.05, 3.63) is 11.7 Å². The largest absolute Gasteiger partial charge is 0.371 e. The van der Waals surface area contributed by atoms with Crippen LogP contribution < -0.4 is 5.32 Å². The van der Waals surface area contributed by atoms with Crippen LogP contribution >= 0.6 is 0 Å². The zero-order valence-corrected chi connectivity index (χ0v) is 14.0. The Balaban J connectivity index is 1.52. The van der Waals surface area contributed by atoms with E-state index in [4.69, 9.17) is 9.26 Å². The third-order valence-corrected chi connectivity index (χ3v) is 4.91. The summed E-state index contributed by atoms with van der Waals surface area (Å²) < 4.78 is 10.6. The van der Waals surface area contributed by atoms with Crippen LogP contribution in [0.4, 0.5) is 4.79 Å². The van der Waals surface area contributed by atoms with Crippen LogP contribution in [0.15, 0.2) is 4.52 Å². The van der Waals surface area contributed by atoms with Crippen molar-refractivity contribution in [2.45, 2.75) is 64.6 Å². The molecule has 1 aromatic heterocycles. The van der Waals surface area contributed by atoms with E-state index in [0.29, 0.717) is 30.3 Å². The molecule has 0 aromatic carbocycles. The highest BCUT2D eigenvalue weighted by Crippen LogP contribution is 2.36. The molecule has 3 rings (SSSR count). The first-order valence-electron chi connectivity index (χ1n) is 8.67. The molecule has 0 radical (unpaired) electrons. The molecule has 23 heavy (non-hydrogen) atoms. The van der Waals surface area contributed by atoms with Crippen molar-refractivity contribution in [2.24, 2.45) is 5.92 Å². The maximum atomic E-state index is 12.5. The van der Waals surface area contributed by atoms with Gasteiger partial charge in [0, 0.05) is 19.2 Å². The van der Waals surface area contributed by atoms with E-state index in [9.17, 15) is 4.79 Å². The fourth-order valence-corrected chi connectivity index (χ4v) is 3.79. The predicted octanol–water partition coefficient (Wildman–Crippen LogP) is 2.64. The monoisotopic (exact) mass is 322 g/mol. The Bertz CT molecular complexity index is 533. The van der Waals surface area contributed by atoms with E-state index in [2.05, 4.69) is 15.5 Å². The van der Waals surface area contributed by atoms with Crippen molar-refractivity contribution in [1.82, 2.24) is 20.4 Å². The summed E-state index contributed by atoms with van der Waals surface area (Å²) in [6.07, 6.45) is 5.80. The molecule has 1 saturated heterocycles. The number of aromatic nitrogens is 2. The van der Waals surface area contributed by atoms with E-state index in [1.807, 2.05) is 18.7 Å². The summed E-state index contributed by atoms with van der Waals surface area (Å²) in [5.41, 5.74) is 0. The van der Waals surface area contributed by atoms with E-state index >= 15 is 0 Å². The summed E-state index contributed by atoms with van der Waals surface area (Å²) in [5.74, 6) is 1.63. The molecule has 0 spiro atoms. The van der Waals surface area contributed by atoms with Gasteiger partial charge in [-0.05, 0) is 45.4 Å². The number of piperidine rings is 1. The summed E-state index contributed by atoms with van der Waals surface area (Å²) in [5, 5.41) is 6.82. The van der Waals surface area contributed by atoms with Crippen LogP contribution in [0.25, 0.3) is 0 Å². The first-order chi connectivity index (χ1) is 11.2. The van der Waals surface area contributed by atoms with E-state index in [1.54, 1.807) is 0 Å². The molecule has 2 amide bonds. The predicted molar refractivity (Wildman–Crippen MR) is 83.6 cm³/mol. The van der Waals surface area contributed by atoms with Crippen LogP contribution in [0.3, 0.4) is 0 Å². The Hall–Kier alpha value is -1.63. The molecule has 1 saturated carbocycles. The lowest BCUT2D eigenvalue weighted by Gasteiger charge is -2.37. The molecule has 2 aliphatic rings. The Morgan fingerprint density at radius 2 is 2.26 bits per heavy atom. The van der Waals surface area contributed by atoms with Gasteiger partial charge in [-0.1, -0.05) is 11.6 Å². The van der Waals surface area contributed by atoms with Crippen molar-refractivity contribution in [1.29, 1.82) is 0 Å². The zero-order valence-electron chi connectivity index (χ0n) is 14.0. The summed E-state index contributed by atoms with van der Waals surface area (Å²) in [6, 6.07) is 0.402. The molecular formula is C16H26N4O3. The molecule has 1 aliphatic carbocycles. The molecule has 7 heteroatoms. The Labute approximate surface area is 136 Å². The van der Waals surface area contributed by atoms with Crippen LogP contribution in [0.2, 0.25) is 0 Å². The molecule has 7 nitrogen and oxygen atoms in total. The van der Waals surface area contributed by atoms with Gasteiger partial charge in [-0.2, -0.15) is 4.98 Å². The second-order valence-electron chi connectivity index (χ2n) is 6.40. The van der Waals surface area contributed by atoms with Gasteiger partial charge in [-0.3, -0.25) is 0 Å². The molecule has 0 bridgehead atoms. The van der Waals surface area contributed by atoms with Gasteiger partial charge in [0.05, 0.1) is 6.54 Å². The van der Waals surface area contributed by atoms with Gasteiger partial charge in [-0.15, -0.1) is 0 Å². The smallest absolute Gasteiger partial charge is 0.318 e. The van der Waals surface area contributed by atoms with Gasteiger partial charge >= 0.3 is 6.03 Å². The van der Waals surface area contributed by atoms with E-state index in [-0.39, 0.29) is 18.7 Å². The van der Waals surface area contributed by atoms with Crippen molar-refractivity contribution >= 4 is 6.03 Å². The highest BCUT2D eigenvalue weighted by molar-refractivity contribution is 5.74. The van der Waals surface area contributed by atoms with Crippen LogP contribution in [-0.2, 0) is 11.3 Å². The quantitative estimate of drug-likeness (QED) is 0.901. The SMILES string of the molecule is CCO[C@H](C)c1noc(CNC(=O)N2CCC[C@H]3CCC[C@@H]32)n1. The van der Waals surface area contributed by atoms with Crippen molar-refractivity contribution in [3.8, 4) is 0 Å². The van der Waals surface area contributed by atoms with Crippen LogP contribution in [0.5, 0.6) is 0 Å². The summed E-state index contributed by atoms with van der Waals surface area (Å²) in [4.78, 5) is 18.7. The number of carbonyl (C=O) groups is 1. The number of likely N-dealkylation sites (tertiary alicyclic amines) is 1. The number of amides is 2. The molecule has 1 aliphatic heterocycles. The third-order valence-electron chi connectivity index (χ3n) is 4.91. The zero-order chi connectivity index (χ0) is 16.2. The Morgan fingerprint density at radius 1 is 1.43 bits per heavy atom. The first kappa shape index (κ1) is 16.2. The average molecular weight is 322 g/mol. The minimum atomic E-state index is -0.199. The number of urea groups is 1. The molecule has 2 fully saturated rings. The standard InChI is InChI=1S/C16H26N4O3/c1-3-22-11(2)15-18-14(23-19-15)10-17-16(21)20-9-5-7-12-6-4-8-13(12)20/h11-13H,3-10H2,1-2H3,(H,17,21)/t11-,12-,13+/m1/s1. The number of rotatable bonds is 5. The van der Waals surface area contributed by atoms with E-state index < -0.39 is 0 Å². The second kappa shape index (κ2) is 7.29. The van der Waals surface area contributed by atoms with Crippen LogP contribution in [0, 0.1) is 5.92 Å². The van der Waals surface area contributed by atoms with Crippen LogP contribution in [-0.4, -0.2) is 40.3 Å². The number of hydrogen-bond donors (Lipinski definition) is 1. The molecule has 128 valence electrons. The highest BCUT2D eigenvalue weighted by Gasteiger charge is 2.37. The maximum absolute atomic E-state index is 12.5. The van der Waals surface area contributed by atoms with Gasteiger partial charge in [0.1, 0.15) is 6.10 Å². The second-order valence-corrected chi connectivity index (χ2v) is 6.40. The van der Waals surface area contributed by atoms with Crippen molar-refractivity contribution < 1.29 is 14.1 Å². The van der Waals surface area contributed by atoms with Gasteiger partial charge in [-0.25, -0.2) is 4.79 Å². The average Bonchev–Trinajstić information content (AvgIpc) is 3.21. The first-order valence-corrected chi connectivity index (χ1v) is 8.67. The van der Waals surface area contributed by atoms with Gasteiger partial charge in [0.15, 0.2) is 5.82 Å². The molecule has 0 unspecified atom stereocenters. The Morgan fingerprint density at radius 3 is 3.09 bits per heavy atom. The normalized spacial score (nSPS) is 25.2. The van der Waals surface area contributed by atoms with Gasteiger partial charge in [0.25, 0.3) is 0 Å². The van der Waals surface area contributed by atoms with Crippen molar-refractivity contribution in [3.63, 3.8) is 0 Å². The van der Waals surface area contributed by atoms with Gasteiger partial charge in [0.2, 0.25) is 5.89 Å². The molecular weight excluding hydrogens is 296 g/mol. The Kier molecular flexibility index (Phi) is 5.15. The fourth-order valence-electron chi connectivity index (χ4n) is 3.79. The molecule has 3 atom stereocenters. The molecule has 1 aromatic rings.